The van der Waals surface area contributed by atoms with Gasteiger partial charge in [0.2, 0.25) is 0 Å². The van der Waals surface area contributed by atoms with Gasteiger partial charge in [0.05, 0.1) is 18.3 Å². The second-order valence-corrected chi connectivity index (χ2v) is 5.17. The Balaban J connectivity index is 2.17. The van der Waals surface area contributed by atoms with Crippen molar-refractivity contribution >= 4 is 0 Å². The Morgan fingerprint density at radius 3 is 2.68 bits per heavy atom. The molecule has 0 fully saturated rings. The van der Waals surface area contributed by atoms with Crippen LogP contribution in [0.3, 0.4) is 0 Å². The lowest BCUT2D eigenvalue weighted by Crippen LogP contribution is -2.29. The molecular weight excluding hydrogens is 240 g/mol. The third-order valence-corrected chi connectivity index (χ3v) is 2.97. The molecule has 0 aliphatic rings. The zero-order valence-corrected chi connectivity index (χ0v) is 11.6. The normalized spacial score (nSPS) is 15.7. The molecule has 0 aromatic heterocycles. The van der Waals surface area contributed by atoms with E-state index < -0.39 is 11.7 Å². The summed E-state index contributed by atoms with van der Waals surface area (Å²) in [6.07, 6.45) is 2.47. The third kappa shape index (κ3) is 7.11. The summed E-state index contributed by atoms with van der Waals surface area (Å²) < 4.78 is 5.50. The van der Waals surface area contributed by atoms with Gasteiger partial charge in [-0.3, -0.25) is 0 Å². The molecule has 2 N–H and O–H groups in total. The predicted molar refractivity (Wildman–Crippen MR) is 76.8 cm³/mol. The minimum atomic E-state index is -0.888. The monoisotopic (exact) mass is 264 g/mol. The van der Waals surface area contributed by atoms with E-state index in [0.29, 0.717) is 32.5 Å². The largest absolute Gasteiger partial charge is 0.393 e. The predicted octanol–water partition coefficient (Wildman–Crippen LogP) is 2.67. The molecule has 0 amide bonds. The standard InChI is InChI=1S/C16H24O3/c1-3-10-16(2,18)12-15(17)9-11-19-13-14-7-5-4-6-8-14/h3-8,15,17-18H,1,9-13H2,2H3/t15-,16+/m0/s1. The van der Waals surface area contributed by atoms with E-state index >= 15 is 0 Å². The first-order valence-corrected chi connectivity index (χ1v) is 6.66. The highest BCUT2D eigenvalue weighted by Gasteiger charge is 2.22. The van der Waals surface area contributed by atoms with Gasteiger partial charge in [-0.05, 0) is 25.3 Å². The van der Waals surface area contributed by atoms with E-state index in [1.165, 1.54) is 0 Å². The summed E-state index contributed by atoms with van der Waals surface area (Å²) in [6.45, 7) is 6.35. The van der Waals surface area contributed by atoms with Crippen LogP contribution in [0.5, 0.6) is 0 Å². The van der Waals surface area contributed by atoms with Gasteiger partial charge in [-0.15, -0.1) is 6.58 Å². The topological polar surface area (TPSA) is 49.7 Å². The van der Waals surface area contributed by atoms with Gasteiger partial charge in [0, 0.05) is 13.0 Å². The van der Waals surface area contributed by atoms with Crippen LogP contribution in [0.4, 0.5) is 0 Å². The second-order valence-electron chi connectivity index (χ2n) is 5.17. The van der Waals surface area contributed by atoms with E-state index in [-0.39, 0.29) is 0 Å². The van der Waals surface area contributed by atoms with Gasteiger partial charge >= 0.3 is 0 Å². The smallest absolute Gasteiger partial charge is 0.0716 e. The van der Waals surface area contributed by atoms with Gasteiger partial charge in [0.1, 0.15) is 0 Å². The molecule has 1 rings (SSSR count). The summed E-state index contributed by atoms with van der Waals surface area (Å²) in [7, 11) is 0. The first kappa shape index (κ1) is 15.9. The fourth-order valence-electron chi connectivity index (χ4n) is 1.99. The first-order valence-electron chi connectivity index (χ1n) is 6.66. The number of aliphatic hydroxyl groups is 2. The van der Waals surface area contributed by atoms with Crippen LogP contribution in [-0.4, -0.2) is 28.5 Å². The van der Waals surface area contributed by atoms with Gasteiger partial charge in [-0.25, -0.2) is 0 Å². The Morgan fingerprint density at radius 1 is 1.37 bits per heavy atom. The Bertz CT molecular complexity index is 360. The summed E-state index contributed by atoms with van der Waals surface area (Å²) in [6, 6.07) is 9.92. The molecule has 3 heteroatoms. The van der Waals surface area contributed by atoms with Crippen molar-refractivity contribution in [3.05, 3.63) is 48.6 Å². The lowest BCUT2D eigenvalue weighted by Gasteiger charge is -2.24. The molecule has 0 heterocycles. The molecule has 106 valence electrons. The van der Waals surface area contributed by atoms with Gasteiger partial charge in [-0.2, -0.15) is 0 Å². The van der Waals surface area contributed by atoms with Crippen molar-refractivity contribution < 1.29 is 14.9 Å². The molecule has 19 heavy (non-hydrogen) atoms. The van der Waals surface area contributed by atoms with Crippen LogP contribution in [-0.2, 0) is 11.3 Å². The van der Waals surface area contributed by atoms with Crippen molar-refractivity contribution in [1.82, 2.24) is 0 Å². The number of ether oxygens (including phenoxy) is 1. The third-order valence-electron chi connectivity index (χ3n) is 2.97. The molecule has 0 spiro atoms. The van der Waals surface area contributed by atoms with Crippen molar-refractivity contribution in [2.75, 3.05) is 6.61 Å². The lowest BCUT2D eigenvalue weighted by molar-refractivity contribution is -0.00743. The average molecular weight is 264 g/mol. The molecule has 0 saturated carbocycles. The van der Waals surface area contributed by atoms with Crippen molar-refractivity contribution in [2.45, 2.75) is 44.5 Å². The number of hydrogen-bond acceptors (Lipinski definition) is 3. The molecule has 0 bridgehead atoms. The fraction of sp³-hybridized carbons (Fsp3) is 0.500. The van der Waals surface area contributed by atoms with E-state index in [1.54, 1.807) is 13.0 Å². The van der Waals surface area contributed by atoms with Crippen molar-refractivity contribution in [3.63, 3.8) is 0 Å². The maximum absolute atomic E-state index is 9.95. The van der Waals surface area contributed by atoms with Crippen LogP contribution >= 0.6 is 0 Å². The van der Waals surface area contributed by atoms with Crippen LogP contribution in [0.1, 0.15) is 31.7 Å². The minimum Gasteiger partial charge on any atom is -0.393 e. The van der Waals surface area contributed by atoms with Crippen LogP contribution in [0, 0.1) is 0 Å². The second kappa shape index (κ2) is 8.10. The maximum atomic E-state index is 9.95. The molecule has 0 radical (unpaired) electrons. The van der Waals surface area contributed by atoms with E-state index in [2.05, 4.69) is 6.58 Å². The average Bonchev–Trinajstić information content (AvgIpc) is 2.35. The number of benzene rings is 1. The minimum absolute atomic E-state index is 0.341. The molecule has 0 unspecified atom stereocenters. The van der Waals surface area contributed by atoms with E-state index in [4.69, 9.17) is 4.74 Å². The zero-order chi connectivity index (χ0) is 14.1. The van der Waals surface area contributed by atoms with Gasteiger partial charge < -0.3 is 14.9 Å². The molecular formula is C16H24O3. The van der Waals surface area contributed by atoms with E-state index in [1.807, 2.05) is 30.3 Å². The Morgan fingerprint density at radius 2 is 2.05 bits per heavy atom. The van der Waals surface area contributed by atoms with Crippen LogP contribution in [0.15, 0.2) is 43.0 Å². The Hall–Kier alpha value is -1.16. The summed E-state index contributed by atoms with van der Waals surface area (Å²) in [5.41, 5.74) is 0.233. The number of aliphatic hydroxyl groups excluding tert-OH is 1. The van der Waals surface area contributed by atoms with Crippen molar-refractivity contribution in [3.8, 4) is 0 Å². The summed E-state index contributed by atoms with van der Waals surface area (Å²) in [5, 5.41) is 19.8. The SMILES string of the molecule is C=CC[C@@](C)(O)C[C@@H](O)CCOCc1ccccc1. The maximum Gasteiger partial charge on any atom is 0.0716 e. The van der Waals surface area contributed by atoms with E-state index in [0.717, 1.165) is 5.56 Å². The summed E-state index contributed by atoms with van der Waals surface area (Å²) >= 11 is 0. The van der Waals surface area contributed by atoms with Crippen LogP contribution in [0.2, 0.25) is 0 Å². The van der Waals surface area contributed by atoms with Gasteiger partial charge in [0.15, 0.2) is 0 Å². The number of hydrogen-bond donors (Lipinski definition) is 2. The van der Waals surface area contributed by atoms with E-state index in [9.17, 15) is 10.2 Å². The van der Waals surface area contributed by atoms with Crippen LogP contribution < -0.4 is 0 Å². The highest BCUT2D eigenvalue weighted by Crippen LogP contribution is 2.18. The molecule has 1 aromatic carbocycles. The first-order chi connectivity index (χ1) is 9.03. The summed E-state index contributed by atoms with van der Waals surface area (Å²) in [4.78, 5) is 0. The quantitative estimate of drug-likeness (QED) is 0.532. The zero-order valence-electron chi connectivity index (χ0n) is 11.6. The molecule has 3 nitrogen and oxygen atoms in total. The molecule has 0 aliphatic carbocycles. The molecule has 0 saturated heterocycles. The summed E-state index contributed by atoms with van der Waals surface area (Å²) in [5.74, 6) is 0. The van der Waals surface area contributed by atoms with Crippen LogP contribution in [0.25, 0.3) is 0 Å². The fourth-order valence-corrected chi connectivity index (χ4v) is 1.99. The highest BCUT2D eigenvalue weighted by atomic mass is 16.5. The van der Waals surface area contributed by atoms with Gasteiger partial charge in [0.25, 0.3) is 0 Å². The Labute approximate surface area is 115 Å². The van der Waals surface area contributed by atoms with Crippen molar-refractivity contribution in [2.24, 2.45) is 0 Å². The highest BCUT2D eigenvalue weighted by molar-refractivity contribution is 5.13. The number of rotatable bonds is 9. The van der Waals surface area contributed by atoms with Gasteiger partial charge in [-0.1, -0.05) is 36.4 Å². The molecule has 1 aromatic rings. The molecule has 2 atom stereocenters. The lowest BCUT2D eigenvalue weighted by atomic mass is 9.94. The van der Waals surface area contributed by atoms with Crippen molar-refractivity contribution in [1.29, 1.82) is 0 Å². The Kier molecular flexibility index (Phi) is 6.78. The molecule has 0 aliphatic heterocycles.